The number of amides is 1. The first-order valence-corrected chi connectivity index (χ1v) is 7.62. The molecule has 1 aromatic heterocycles. The molecule has 1 aromatic rings. The van der Waals surface area contributed by atoms with E-state index in [0.29, 0.717) is 37.2 Å². The molecule has 0 atom stereocenters. The summed E-state index contributed by atoms with van der Waals surface area (Å²) in [6, 6.07) is 0. The minimum absolute atomic E-state index is 0.0540. The van der Waals surface area contributed by atoms with Crippen LogP contribution >= 0.6 is 0 Å². The van der Waals surface area contributed by atoms with Crippen LogP contribution in [0.5, 0.6) is 0 Å². The second-order valence-electron chi connectivity index (χ2n) is 6.09. The molecule has 21 heavy (non-hydrogen) atoms. The van der Waals surface area contributed by atoms with Crippen molar-refractivity contribution in [1.29, 1.82) is 0 Å². The van der Waals surface area contributed by atoms with Crippen LogP contribution in [0.4, 0.5) is 11.6 Å². The average molecular weight is 291 g/mol. The Balaban J connectivity index is 1.86. The number of anilines is 2. The number of carbonyl (C=O) groups excluding carboxylic acids is 1. The van der Waals surface area contributed by atoms with Gasteiger partial charge in [0.15, 0.2) is 0 Å². The second kappa shape index (κ2) is 6.74. The number of nitrogen functional groups attached to an aromatic ring is 1. The maximum absolute atomic E-state index is 11.7. The van der Waals surface area contributed by atoms with Crippen LogP contribution in [0.1, 0.15) is 50.4 Å². The molecule has 0 saturated heterocycles. The molecular formula is C15H25N5O. The number of rotatable bonds is 7. The molecular weight excluding hydrogens is 266 g/mol. The number of aromatic nitrogens is 2. The average Bonchev–Trinajstić information content (AvgIpc) is 3.25. The number of hydrogen-bond donors (Lipinski definition) is 3. The number of hydrogen-bond acceptors (Lipinski definition) is 5. The minimum Gasteiger partial charge on any atom is -0.383 e. The Morgan fingerprint density at radius 3 is 2.71 bits per heavy atom. The number of nitrogens with zero attached hydrogens (tertiary/aromatic N) is 2. The van der Waals surface area contributed by atoms with Crippen molar-refractivity contribution in [2.45, 2.75) is 46.0 Å². The van der Waals surface area contributed by atoms with E-state index in [1.807, 2.05) is 6.92 Å². The maximum Gasteiger partial charge on any atom is 0.221 e. The molecule has 0 spiro atoms. The first-order chi connectivity index (χ1) is 9.97. The van der Waals surface area contributed by atoms with E-state index in [4.69, 9.17) is 5.73 Å². The van der Waals surface area contributed by atoms with Gasteiger partial charge in [-0.1, -0.05) is 13.8 Å². The molecule has 0 bridgehead atoms. The fraction of sp³-hybridized carbons (Fsp3) is 0.667. The fourth-order valence-corrected chi connectivity index (χ4v) is 1.95. The van der Waals surface area contributed by atoms with Gasteiger partial charge in [0.1, 0.15) is 17.5 Å². The molecule has 0 unspecified atom stereocenters. The van der Waals surface area contributed by atoms with E-state index >= 15 is 0 Å². The second-order valence-corrected chi connectivity index (χ2v) is 6.09. The summed E-state index contributed by atoms with van der Waals surface area (Å²) < 4.78 is 0. The predicted molar refractivity (Wildman–Crippen MR) is 84.1 cm³/mol. The maximum atomic E-state index is 11.7. The molecule has 6 heteroatoms. The van der Waals surface area contributed by atoms with Crippen molar-refractivity contribution in [3.05, 3.63) is 11.4 Å². The Kier molecular flexibility index (Phi) is 4.98. The number of carbonyl (C=O) groups is 1. The smallest absolute Gasteiger partial charge is 0.221 e. The van der Waals surface area contributed by atoms with Crippen molar-refractivity contribution in [2.75, 3.05) is 24.1 Å². The summed E-state index contributed by atoms with van der Waals surface area (Å²) in [7, 11) is 0. The molecule has 1 aliphatic rings. The van der Waals surface area contributed by atoms with Gasteiger partial charge in [-0.2, -0.15) is 0 Å². The topological polar surface area (TPSA) is 92.9 Å². The van der Waals surface area contributed by atoms with E-state index in [9.17, 15) is 4.79 Å². The largest absolute Gasteiger partial charge is 0.383 e. The van der Waals surface area contributed by atoms with Gasteiger partial charge in [-0.05, 0) is 25.7 Å². The lowest BCUT2D eigenvalue weighted by Gasteiger charge is -2.12. The normalized spacial score (nSPS) is 14.3. The third-order valence-corrected chi connectivity index (χ3v) is 3.50. The summed E-state index contributed by atoms with van der Waals surface area (Å²) in [5.74, 6) is 3.08. The van der Waals surface area contributed by atoms with Crippen LogP contribution in [0, 0.1) is 12.8 Å². The van der Waals surface area contributed by atoms with E-state index < -0.39 is 0 Å². The molecule has 1 aliphatic carbocycles. The Labute approximate surface area is 125 Å². The van der Waals surface area contributed by atoms with Crippen molar-refractivity contribution in [3.8, 4) is 0 Å². The highest BCUT2D eigenvalue weighted by Crippen LogP contribution is 2.39. The zero-order valence-electron chi connectivity index (χ0n) is 13.1. The van der Waals surface area contributed by atoms with Gasteiger partial charge in [0.2, 0.25) is 5.91 Å². The third-order valence-electron chi connectivity index (χ3n) is 3.50. The molecule has 0 aromatic carbocycles. The third kappa shape index (κ3) is 4.58. The van der Waals surface area contributed by atoms with Crippen molar-refractivity contribution in [2.24, 2.45) is 5.92 Å². The van der Waals surface area contributed by atoms with Gasteiger partial charge in [0, 0.05) is 31.0 Å². The van der Waals surface area contributed by atoms with Crippen LogP contribution in [0.15, 0.2) is 0 Å². The van der Waals surface area contributed by atoms with Gasteiger partial charge in [0.25, 0.3) is 0 Å². The summed E-state index contributed by atoms with van der Waals surface area (Å²) in [6.45, 7) is 7.30. The lowest BCUT2D eigenvalue weighted by atomic mass is 10.2. The van der Waals surface area contributed by atoms with Gasteiger partial charge in [-0.25, -0.2) is 9.97 Å². The number of nitrogens with one attached hydrogen (secondary N) is 2. The monoisotopic (exact) mass is 291 g/mol. The molecule has 116 valence electrons. The van der Waals surface area contributed by atoms with Crippen molar-refractivity contribution in [1.82, 2.24) is 15.3 Å². The SMILES string of the molecule is Cc1c(N)nc(C2CC2)nc1NCCC(=O)NCC(C)C. The van der Waals surface area contributed by atoms with E-state index in [0.717, 1.165) is 30.0 Å². The van der Waals surface area contributed by atoms with Crippen LogP contribution in [0.3, 0.4) is 0 Å². The molecule has 4 N–H and O–H groups in total. The van der Waals surface area contributed by atoms with Crippen LogP contribution in [-0.4, -0.2) is 29.0 Å². The predicted octanol–water partition coefficient (Wildman–Crippen LogP) is 1.82. The summed E-state index contributed by atoms with van der Waals surface area (Å²) in [5.41, 5.74) is 6.78. The summed E-state index contributed by atoms with van der Waals surface area (Å²) in [5, 5.41) is 6.10. The van der Waals surface area contributed by atoms with E-state index in [1.54, 1.807) is 0 Å². The standard InChI is InChI=1S/C15H25N5O/c1-9(2)8-18-12(21)6-7-17-14-10(3)13(16)19-15(20-14)11-4-5-11/h9,11H,4-8H2,1-3H3,(H,18,21)(H3,16,17,19,20). The first kappa shape index (κ1) is 15.5. The molecule has 1 amide bonds. The molecule has 1 heterocycles. The van der Waals surface area contributed by atoms with Crippen LogP contribution in [0.25, 0.3) is 0 Å². The van der Waals surface area contributed by atoms with Crippen molar-refractivity contribution >= 4 is 17.5 Å². The first-order valence-electron chi connectivity index (χ1n) is 7.62. The van der Waals surface area contributed by atoms with Gasteiger partial charge >= 0.3 is 0 Å². The molecule has 1 saturated carbocycles. The highest BCUT2D eigenvalue weighted by atomic mass is 16.1. The lowest BCUT2D eigenvalue weighted by molar-refractivity contribution is -0.120. The summed E-state index contributed by atoms with van der Waals surface area (Å²) >= 11 is 0. The highest BCUT2D eigenvalue weighted by Gasteiger charge is 2.27. The summed E-state index contributed by atoms with van der Waals surface area (Å²) in [6.07, 6.45) is 2.70. The van der Waals surface area contributed by atoms with E-state index in [1.165, 1.54) is 0 Å². The fourth-order valence-electron chi connectivity index (χ4n) is 1.95. The van der Waals surface area contributed by atoms with Gasteiger partial charge in [0.05, 0.1) is 0 Å². The van der Waals surface area contributed by atoms with Crippen LogP contribution < -0.4 is 16.4 Å². The quantitative estimate of drug-likeness (QED) is 0.712. The zero-order chi connectivity index (χ0) is 15.4. The van der Waals surface area contributed by atoms with Crippen molar-refractivity contribution < 1.29 is 4.79 Å². The Bertz CT molecular complexity index is 511. The molecule has 2 rings (SSSR count). The summed E-state index contributed by atoms with van der Waals surface area (Å²) in [4.78, 5) is 20.5. The Morgan fingerprint density at radius 2 is 2.10 bits per heavy atom. The van der Waals surface area contributed by atoms with Gasteiger partial charge in [-0.15, -0.1) is 0 Å². The van der Waals surface area contributed by atoms with Crippen molar-refractivity contribution in [3.63, 3.8) is 0 Å². The molecule has 1 fully saturated rings. The van der Waals surface area contributed by atoms with Crippen LogP contribution in [-0.2, 0) is 4.79 Å². The van der Waals surface area contributed by atoms with E-state index in [2.05, 4.69) is 34.4 Å². The minimum atomic E-state index is 0.0540. The van der Waals surface area contributed by atoms with E-state index in [-0.39, 0.29) is 5.91 Å². The number of nitrogens with two attached hydrogens (primary N) is 1. The molecule has 6 nitrogen and oxygen atoms in total. The molecule has 0 radical (unpaired) electrons. The highest BCUT2D eigenvalue weighted by molar-refractivity contribution is 5.76. The van der Waals surface area contributed by atoms with Crippen LogP contribution in [0.2, 0.25) is 0 Å². The van der Waals surface area contributed by atoms with Gasteiger partial charge < -0.3 is 16.4 Å². The molecule has 0 aliphatic heterocycles. The Hall–Kier alpha value is -1.85. The van der Waals surface area contributed by atoms with Gasteiger partial charge in [-0.3, -0.25) is 4.79 Å². The Morgan fingerprint density at radius 1 is 1.38 bits per heavy atom. The zero-order valence-corrected chi connectivity index (χ0v) is 13.1. The lowest BCUT2D eigenvalue weighted by Crippen LogP contribution is -2.28.